The van der Waals surface area contributed by atoms with Gasteiger partial charge in [0.15, 0.2) is 0 Å². The Morgan fingerprint density at radius 1 is 1.47 bits per heavy atom. The van der Waals surface area contributed by atoms with E-state index in [-0.39, 0.29) is 6.42 Å². The molecule has 1 unspecified atom stereocenters. The van der Waals surface area contributed by atoms with Crippen LogP contribution < -0.4 is 5.32 Å². The van der Waals surface area contributed by atoms with Gasteiger partial charge in [-0.3, -0.25) is 4.79 Å². The normalized spacial score (nSPS) is 22.7. The lowest BCUT2D eigenvalue weighted by Gasteiger charge is -2.40. The molecule has 0 bridgehead atoms. The highest BCUT2D eigenvalue weighted by atomic mass is 19.4. The zero-order chi connectivity index (χ0) is 14.1. The molecular weight excluding hydrogens is 259 g/mol. The Hall–Kier alpha value is -1.56. The molecule has 2 rings (SSSR count). The Balaban J connectivity index is 2.21. The van der Waals surface area contributed by atoms with E-state index in [0.29, 0.717) is 18.5 Å². The number of alkyl halides is 3. The molecule has 0 aliphatic carbocycles. The summed E-state index contributed by atoms with van der Waals surface area (Å²) in [7, 11) is 1.27. The van der Waals surface area contributed by atoms with Crippen LogP contribution in [-0.4, -0.2) is 25.2 Å². The summed E-state index contributed by atoms with van der Waals surface area (Å²) < 4.78 is 42.5. The quantitative estimate of drug-likeness (QED) is 0.858. The van der Waals surface area contributed by atoms with E-state index >= 15 is 0 Å². The maximum absolute atomic E-state index is 12.6. The van der Waals surface area contributed by atoms with E-state index in [4.69, 9.17) is 4.74 Å². The molecule has 0 spiro atoms. The molecule has 0 radical (unpaired) electrons. The fourth-order valence-electron chi connectivity index (χ4n) is 2.23. The van der Waals surface area contributed by atoms with Gasteiger partial charge in [-0.15, -0.1) is 0 Å². The van der Waals surface area contributed by atoms with Crippen molar-refractivity contribution in [1.82, 2.24) is 5.32 Å². The first kappa shape index (κ1) is 13.9. The van der Waals surface area contributed by atoms with Crippen LogP contribution in [0.5, 0.6) is 0 Å². The van der Waals surface area contributed by atoms with Crippen LogP contribution in [0.25, 0.3) is 0 Å². The Bertz CT molecular complexity index is 481. The molecule has 104 valence electrons. The number of benzene rings is 1. The van der Waals surface area contributed by atoms with E-state index in [1.165, 1.54) is 13.2 Å². The van der Waals surface area contributed by atoms with Gasteiger partial charge in [0, 0.05) is 6.42 Å². The molecule has 1 atom stereocenters. The van der Waals surface area contributed by atoms with E-state index in [9.17, 15) is 18.0 Å². The molecule has 1 fully saturated rings. The summed E-state index contributed by atoms with van der Waals surface area (Å²) >= 11 is 0. The highest BCUT2D eigenvalue weighted by Gasteiger charge is 2.45. The zero-order valence-corrected chi connectivity index (χ0v) is 10.4. The number of carbonyl (C=O) groups is 1. The Kier molecular flexibility index (Phi) is 3.54. The smallest absolute Gasteiger partial charge is 0.416 e. The van der Waals surface area contributed by atoms with E-state index in [1.807, 2.05) is 0 Å². The minimum atomic E-state index is -4.37. The molecule has 3 nitrogen and oxygen atoms in total. The maximum Gasteiger partial charge on any atom is 0.416 e. The van der Waals surface area contributed by atoms with Crippen molar-refractivity contribution >= 4 is 5.97 Å². The fraction of sp³-hybridized carbons (Fsp3) is 0.462. The predicted molar refractivity (Wildman–Crippen MR) is 62.5 cm³/mol. The Morgan fingerprint density at radius 3 is 2.63 bits per heavy atom. The van der Waals surface area contributed by atoms with Crippen LogP contribution in [0.4, 0.5) is 13.2 Å². The average Bonchev–Trinajstić information content (AvgIpc) is 2.32. The topological polar surface area (TPSA) is 38.3 Å². The zero-order valence-electron chi connectivity index (χ0n) is 10.4. The van der Waals surface area contributed by atoms with Crippen LogP contribution in [0, 0.1) is 0 Å². The van der Waals surface area contributed by atoms with Gasteiger partial charge in [0.05, 0.1) is 12.7 Å². The summed E-state index contributed by atoms with van der Waals surface area (Å²) in [6.07, 6.45) is -3.61. The molecule has 1 heterocycles. The number of rotatable bonds is 3. The molecule has 0 aromatic heterocycles. The van der Waals surface area contributed by atoms with Crippen LogP contribution in [0.2, 0.25) is 0 Å². The van der Waals surface area contributed by atoms with Gasteiger partial charge in [-0.1, -0.05) is 18.2 Å². The van der Waals surface area contributed by atoms with Crippen LogP contribution in [-0.2, 0) is 22.1 Å². The molecular formula is C13H14F3NO2. The first-order chi connectivity index (χ1) is 8.87. The van der Waals surface area contributed by atoms with Gasteiger partial charge in [-0.2, -0.15) is 13.2 Å². The number of hydrogen-bond acceptors (Lipinski definition) is 3. The van der Waals surface area contributed by atoms with Gasteiger partial charge in [-0.05, 0) is 24.6 Å². The third-order valence-corrected chi connectivity index (χ3v) is 3.35. The van der Waals surface area contributed by atoms with Crippen molar-refractivity contribution in [2.75, 3.05) is 13.7 Å². The number of methoxy groups -OCH3 is 1. The van der Waals surface area contributed by atoms with Crippen molar-refractivity contribution in [1.29, 1.82) is 0 Å². The number of nitrogens with one attached hydrogen (secondary N) is 1. The lowest BCUT2D eigenvalue weighted by atomic mass is 9.81. The molecule has 1 aromatic carbocycles. The van der Waals surface area contributed by atoms with Crippen molar-refractivity contribution in [2.24, 2.45) is 0 Å². The van der Waals surface area contributed by atoms with Gasteiger partial charge in [0.2, 0.25) is 0 Å². The number of carbonyl (C=O) groups excluding carboxylic acids is 1. The molecule has 1 N–H and O–H groups in total. The molecule has 6 heteroatoms. The van der Waals surface area contributed by atoms with Crippen molar-refractivity contribution in [3.05, 3.63) is 35.4 Å². The fourth-order valence-corrected chi connectivity index (χ4v) is 2.23. The molecule has 0 saturated carbocycles. The minimum Gasteiger partial charge on any atom is -0.468 e. The number of hydrogen-bond donors (Lipinski definition) is 1. The number of esters is 1. The predicted octanol–water partition coefficient (Wildman–Crippen LogP) is 2.15. The second-order valence-electron chi connectivity index (χ2n) is 4.63. The van der Waals surface area contributed by atoms with Gasteiger partial charge >= 0.3 is 12.1 Å². The first-order valence-corrected chi connectivity index (χ1v) is 5.87. The maximum atomic E-state index is 12.6. The highest BCUT2D eigenvalue weighted by Crippen LogP contribution is 2.31. The van der Waals surface area contributed by atoms with Gasteiger partial charge in [-0.25, -0.2) is 0 Å². The monoisotopic (exact) mass is 273 g/mol. The van der Waals surface area contributed by atoms with E-state index in [2.05, 4.69) is 5.32 Å². The highest BCUT2D eigenvalue weighted by molar-refractivity contribution is 5.82. The SMILES string of the molecule is COC(=O)C1(Cc2cccc(C(F)(F)F)c2)CCN1. The summed E-state index contributed by atoms with van der Waals surface area (Å²) in [5.74, 6) is -0.434. The van der Waals surface area contributed by atoms with Crippen molar-refractivity contribution < 1.29 is 22.7 Å². The van der Waals surface area contributed by atoms with Gasteiger partial charge < -0.3 is 10.1 Å². The lowest BCUT2D eigenvalue weighted by Crippen LogP contribution is -2.64. The van der Waals surface area contributed by atoms with Crippen molar-refractivity contribution in [3.8, 4) is 0 Å². The summed E-state index contributed by atoms with van der Waals surface area (Å²) in [5, 5.41) is 2.96. The van der Waals surface area contributed by atoms with E-state index in [1.54, 1.807) is 6.07 Å². The first-order valence-electron chi connectivity index (χ1n) is 5.87. The van der Waals surface area contributed by atoms with Crippen molar-refractivity contribution in [2.45, 2.75) is 24.6 Å². The van der Waals surface area contributed by atoms with Crippen LogP contribution in [0.15, 0.2) is 24.3 Å². The number of ether oxygens (including phenoxy) is 1. The van der Waals surface area contributed by atoms with E-state index in [0.717, 1.165) is 12.1 Å². The molecule has 1 aliphatic rings. The molecule has 1 aromatic rings. The van der Waals surface area contributed by atoms with Crippen LogP contribution in [0.3, 0.4) is 0 Å². The molecule has 19 heavy (non-hydrogen) atoms. The Labute approximate surface area is 108 Å². The van der Waals surface area contributed by atoms with E-state index < -0.39 is 23.2 Å². The largest absolute Gasteiger partial charge is 0.468 e. The van der Waals surface area contributed by atoms with Crippen molar-refractivity contribution in [3.63, 3.8) is 0 Å². The third kappa shape index (κ3) is 2.73. The molecule has 1 aliphatic heterocycles. The molecule has 1 saturated heterocycles. The van der Waals surface area contributed by atoms with Crippen LogP contribution >= 0.6 is 0 Å². The average molecular weight is 273 g/mol. The van der Waals surface area contributed by atoms with Gasteiger partial charge in [0.25, 0.3) is 0 Å². The molecule has 0 amide bonds. The van der Waals surface area contributed by atoms with Gasteiger partial charge in [0.1, 0.15) is 5.54 Å². The summed E-state index contributed by atoms with van der Waals surface area (Å²) in [5.41, 5.74) is -1.12. The second-order valence-corrected chi connectivity index (χ2v) is 4.63. The minimum absolute atomic E-state index is 0.198. The number of halogens is 3. The second kappa shape index (κ2) is 4.85. The van der Waals surface area contributed by atoms with Crippen LogP contribution in [0.1, 0.15) is 17.5 Å². The third-order valence-electron chi connectivity index (χ3n) is 3.35. The Morgan fingerprint density at radius 2 is 2.16 bits per heavy atom. The summed E-state index contributed by atoms with van der Waals surface area (Å²) in [6.45, 7) is 0.661. The lowest BCUT2D eigenvalue weighted by molar-refractivity contribution is -0.152. The standard InChI is InChI=1S/C13H14F3NO2/c1-19-11(18)12(5-6-17-12)8-9-3-2-4-10(7-9)13(14,15)16/h2-4,7,17H,5-6,8H2,1H3. The summed E-state index contributed by atoms with van der Waals surface area (Å²) in [6, 6.07) is 5.02. The summed E-state index contributed by atoms with van der Waals surface area (Å²) in [4.78, 5) is 11.7.